The smallest absolute Gasteiger partial charge is 0.339 e. The van der Waals surface area contributed by atoms with Crippen LogP contribution in [0.2, 0.25) is 0 Å². The SMILES string of the molecule is CNC(=O)COC(=O)c1c2c(nc3ccccc13)CCC(C(C)(C)C)C2. The third-order valence-corrected chi connectivity index (χ3v) is 5.30. The topological polar surface area (TPSA) is 68.3 Å². The van der Waals surface area contributed by atoms with Crippen molar-refractivity contribution in [3.05, 3.63) is 41.1 Å². The molecule has 1 N–H and O–H groups in total. The van der Waals surface area contributed by atoms with Gasteiger partial charge in [-0.15, -0.1) is 0 Å². The summed E-state index contributed by atoms with van der Waals surface area (Å²) >= 11 is 0. The fourth-order valence-electron chi connectivity index (χ4n) is 3.64. The summed E-state index contributed by atoms with van der Waals surface area (Å²) in [5, 5.41) is 3.26. The second-order valence-electron chi connectivity index (χ2n) is 7.98. The Morgan fingerprint density at radius 3 is 2.69 bits per heavy atom. The molecule has 1 aromatic heterocycles. The number of pyridine rings is 1. The maximum Gasteiger partial charge on any atom is 0.339 e. The van der Waals surface area contributed by atoms with Gasteiger partial charge in [-0.05, 0) is 42.2 Å². The molecular weight excluding hydrogens is 328 g/mol. The summed E-state index contributed by atoms with van der Waals surface area (Å²) in [6, 6.07) is 7.64. The largest absolute Gasteiger partial charge is 0.452 e. The number of aryl methyl sites for hydroxylation is 1. The first-order valence-electron chi connectivity index (χ1n) is 9.09. The highest BCUT2D eigenvalue weighted by atomic mass is 16.5. The number of amides is 1. The van der Waals surface area contributed by atoms with E-state index in [-0.39, 0.29) is 17.9 Å². The van der Waals surface area contributed by atoms with Gasteiger partial charge in [0.05, 0.1) is 11.1 Å². The van der Waals surface area contributed by atoms with E-state index in [9.17, 15) is 9.59 Å². The molecule has 1 amide bonds. The van der Waals surface area contributed by atoms with Crippen molar-refractivity contribution in [1.29, 1.82) is 0 Å². The number of ether oxygens (including phenoxy) is 1. The molecule has 1 unspecified atom stereocenters. The van der Waals surface area contributed by atoms with Crippen LogP contribution in [0.15, 0.2) is 24.3 Å². The van der Waals surface area contributed by atoms with E-state index in [1.165, 1.54) is 7.05 Å². The summed E-state index contributed by atoms with van der Waals surface area (Å²) in [6.45, 7) is 6.44. The first-order chi connectivity index (χ1) is 12.3. The zero-order valence-electron chi connectivity index (χ0n) is 15.9. The van der Waals surface area contributed by atoms with Gasteiger partial charge in [-0.2, -0.15) is 0 Å². The lowest BCUT2D eigenvalue weighted by molar-refractivity contribution is -0.123. The number of hydrogen-bond donors (Lipinski definition) is 1. The highest BCUT2D eigenvalue weighted by Crippen LogP contribution is 2.39. The second kappa shape index (κ2) is 7.06. The number of hydrogen-bond acceptors (Lipinski definition) is 4. The van der Waals surface area contributed by atoms with Crippen LogP contribution < -0.4 is 5.32 Å². The number of nitrogens with one attached hydrogen (secondary N) is 1. The molecule has 26 heavy (non-hydrogen) atoms. The number of fused-ring (bicyclic) bond motifs is 2. The Morgan fingerprint density at radius 1 is 1.27 bits per heavy atom. The van der Waals surface area contributed by atoms with Crippen LogP contribution in [0.4, 0.5) is 0 Å². The lowest BCUT2D eigenvalue weighted by Crippen LogP contribution is -2.30. The van der Waals surface area contributed by atoms with Gasteiger partial charge in [-0.1, -0.05) is 39.0 Å². The van der Waals surface area contributed by atoms with Crippen LogP contribution >= 0.6 is 0 Å². The third kappa shape index (κ3) is 3.57. The number of esters is 1. The minimum Gasteiger partial charge on any atom is -0.452 e. The van der Waals surface area contributed by atoms with Gasteiger partial charge in [-0.25, -0.2) is 4.79 Å². The summed E-state index contributed by atoms with van der Waals surface area (Å²) in [5.41, 5.74) is 3.50. The Kier molecular flexibility index (Phi) is 4.99. The molecule has 0 saturated carbocycles. The van der Waals surface area contributed by atoms with E-state index in [2.05, 4.69) is 26.1 Å². The minimum atomic E-state index is -0.446. The average molecular weight is 354 g/mol. The van der Waals surface area contributed by atoms with Gasteiger partial charge in [0, 0.05) is 18.1 Å². The van der Waals surface area contributed by atoms with Crippen molar-refractivity contribution >= 4 is 22.8 Å². The van der Waals surface area contributed by atoms with Crippen LogP contribution in [0.3, 0.4) is 0 Å². The molecular formula is C21H26N2O3. The highest BCUT2D eigenvalue weighted by Gasteiger charge is 2.33. The van der Waals surface area contributed by atoms with Gasteiger partial charge in [0.25, 0.3) is 5.91 Å². The Bertz CT molecular complexity index is 852. The zero-order valence-corrected chi connectivity index (χ0v) is 15.9. The number of para-hydroxylation sites is 1. The van der Waals surface area contributed by atoms with Crippen LogP contribution in [0.1, 0.15) is 48.8 Å². The molecule has 0 saturated heterocycles. The quantitative estimate of drug-likeness (QED) is 0.859. The van der Waals surface area contributed by atoms with Gasteiger partial charge in [0.1, 0.15) is 0 Å². The molecule has 5 heteroatoms. The van der Waals surface area contributed by atoms with Crippen molar-refractivity contribution in [1.82, 2.24) is 10.3 Å². The summed E-state index contributed by atoms with van der Waals surface area (Å²) in [5.74, 6) is -0.292. The van der Waals surface area contributed by atoms with Crippen molar-refractivity contribution in [3.8, 4) is 0 Å². The zero-order chi connectivity index (χ0) is 18.9. The van der Waals surface area contributed by atoms with E-state index in [1.54, 1.807) is 0 Å². The van der Waals surface area contributed by atoms with Gasteiger partial charge in [0.2, 0.25) is 0 Å². The van der Waals surface area contributed by atoms with Crippen molar-refractivity contribution < 1.29 is 14.3 Å². The summed E-state index contributed by atoms with van der Waals surface area (Å²) in [6.07, 6.45) is 2.73. The van der Waals surface area contributed by atoms with Crippen LogP contribution in [0, 0.1) is 11.3 Å². The van der Waals surface area contributed by atoms with E-state index in [4.69, 9.17) is 9.72 Å². The molecule has 1 aromatic carbocycles. The number of likely N-dealkylation sites (N-methyl/N-ethyl adjacent to an activating group) is 1. The first-order valence-corrected chi connectivity index (χ1v) is 9.09. The van der Waals surface area contributed by atoms with E-state index in [0.29, 0.717) is 11.5 Å². The molecule has 0 radical (unpaired) electrons. The molecule has 0 fully saturated rings. The predicted molar refractivity (Wildman–Crippen MR) is 101 cm³/mol. The lowest BCUT2D eigenvalue weighted by atomic mass is 9.70. The first kappa shape index (κ1) is 18.4. The van der Waals surface area contributed by atoms with Crippen LogP contribution in [-0.4, -0.2) is 30.5 Å². The maximum absolute atomic E-state index is 12.9. The summed E-state index contributed by atoms with van der Waals surface area (Å²) in [7, 11) is 1.52. The van der Waals surface area contributed by atoms with E-state index in [1.807, 2.05) is 24.3 Å². The summed E-state index contributed by atoms with van der Waals surface area (Å²) in [4.78, 5) is 29.2. The molecule has 1 aliphatic carbocycles. The van der Waals surface area contributed by atoms with Crippen molar-refractivity contribution in [2.45, 2.75) is 40.0 Å². The fourth-order valence-corrected chi connectivity index (χ4v) is 3.64. The Balaban J connectivity index is 2.07. The van der Waals surface area contributed by atoms with Gasteiger partial charge >= 0.3 is 5.97 Å². The minimum absolute atomic E-state index is 0.159. The number of nitrogens with zero attached hydrogens (tertiary/aromatic N) is 1. The molecule has 1 atom stereocenters. The molecule has 2 aromatic rings. The number of rotatable bonds is 3. The Morgan fingerprint density at radius 2 is 2.00 bits per heavy atom. The van der Waals surface area contributed by atoms with Gasteiger partial charge in [0.15, 0.2) is 6.61 Å². The maximum atomic E-state index is 12.9. The van der Waals surface area contributed by atoms with Crippen molar-refractivity contribution in [2.75, 3.05) is 13.7 Å². The molecule has 0 spiro atoms. The third-order valence-electron chi connectivity index (χ3n) is 5.30. The molecule has 5 nitrogen and oxygen atoms in total. The standard InChI is InChI=1S/C21H26N2O3/c1-21(2,3)13-9-10-17-15(11-13)19(20(25)26-12-18(24)22-4)14-7-5-6-8-16(14)23-17/h5-8,13H,9-12H2,1-4H3,(H,22,24). The molecule has 1 heterocycles. The molecule has 1 aliphatic rings. The van der Waals surface area contributed by atoms with E-state index >= 15 is 0 Å². The molecule has 138 valence electrons. The van der Waals surface area contributed by atoms with Crippen LogP contribution in [0.5, 0.6) is 0 Å². The average Bonchev–Trinajstić information content (AvgIpc) is 2.62. The number of carbonyl (C=O) groups excluding carboxylic acids is 2. The van der Waals surface area contributed by atoms with E-state index in [0.717, 1.165) is 41.4 Å². The predicted octanol–water partition coefficient (Wildman–Crippen LogP) is 3.29. The monoisotopic (exact) mass is 354 g/mol. The molecule has 3 rings (SSSR count). The number of benzene rings is 1. The lowest BCUT2D eigenvalue weighted by Gasteiger charge is -2.35. The van der Waals surface area contributed by atoms with E-state index < -0.39 is 5.97 Å². The van der Waals surface area contributed by atoms with Crippen LogP contribution in [-0.2, 0) is 22.4 Å². The Hall–Kier alpha value is -2.43. The number of aromatic nitrogens is 1. The van der Waals surface area contributed by atoms with Gasteiger partial charge in [-0.3, -0.25) is 9.78 Å². The van der Waals surface area contributed by atoms with Crippen molar-refractivity contribution in [2.24, 2.45) is 11.3 Å². The molecule has 0 aliphatic heterocycles. The fraction of sp³-hybridized carbons (Fsp3) is 0.476. The summed E-state index contributed by atoms with van der Waals surface area (Å²) < 4.78 is 5.30. The normalized spacial score (nSPS) is 16.8. The van der Waals surface area contributed by atoms with Gasteiger partial charge < -0.3 is 10.1 Å². The highest BCUT2D eigenvalue weighted by molar-refractivity contribution is 6.05. The second-order valence-corrected chi connectivity index (χ2v) is 7.98. The number of carbonyl (C=O) groups is 2. The van der Waals surface area contributed by atoms with Crippen molar-refractivity contribution in [3.63, 3.8) is 0 Å². The Labute approximate surface area is 154 Å². The molecule has 0 bridgehead atoms. The van der Waals surface area contributed by atoms with Crippen LogP contribution in [0.25, 0.3) is 10.9 Å².